The number of fused-ring (bicyclic) bond motifs is 1. The van der Waals surface area contributed by atoms with Crippen LogP contribution in [-0.2, 0) is 0 Å². The van der Waals surface area contributed by atoms with Gasteiger partial charge < -0.3 is 10.4 Å². The van der Waals surface area contributed by atoms with Gasteiger partial charge in [-0.1, -0.05) is 48.7 Å². The molecule has 4 nitrogen and oxygen atoms in total. The summed E-state index contributed by atoms with van der Waals surface area (Å²) in [6.45, 7) is 0.836. The van der Waals surface area contributed by atoms with E-state index in [2.05, 4.69) is 10.3 Å². The minimum atomic E-state index is -0.204. The van der Waals surface area contributed by atoms with Gasteiger partial charge in [-0.05, 0) is 24.3 Å². The molecule has 1 aromatic carbocycles. The smallest absolute Gasteiger partial charge is 0.269 e. The lowest BCUT2D eigenvalue weighted by molar-refractivity contribution is 0.0948. The molecule has 0 saturated heterocycles. The van der Waals surface area contributed by atoms with Gasteiger partial charge in [0.1, 0.15) is 10.8 Å². The highest BCUT2D eigenvalue weighted by molar-refractivity contribution is 6.34. The maximum absolute atomic E-state index is 12.1. The molecule has 0 spiro atoms. The van der Waals surface area contributed by atoms with Gasteiger partial charge >= 0.3 is 0 Å². The summed E-state index contributed by atoms with van der Waals surface area (Å²) >= 11 is 6.11. The summed E-state index contributed by atoms with van der Waals surface area (Å²) in [6.07, 6.45) is 3.68. The Morgan fingerprint density at radius 1 is 1.19 bits per heavy atom. The zero-order valence-electron chi connectivity index (χ0n) is 11.8. The Kier molecular flexibility index (Phi) is 5.96. The number of hydrogen-bond acceptors (Lipinski definition) is 3. The second-order valence-corrected chi connectivity index (χ2v) is 5.27. The molecule has 2 rings (SSSR count). The molecule has 1 aromatic heterocycles. The second kappa shape index (κ2) is 7.96. The van der Waals surface area contributed by atoms with E-state index in [0.29, 0.717) is 17.4 Å². The molecule has 0 atom stereocenters. The Labute approximate surface area is 129 Å². The van der Waals surface area contributed by atoms with Gasteiger partial charge in [-0.25, -0.2) is 4.98 Å². The molecule has 1 amide bonds. The Bertz CT molecular complexity index is 616. The lowest BCUT2D eigenvalue weighted by atomic mass is 10.1. The molecule has 0 fully saturated rings. The van der Waals surface area contributed by atoms with Crippen LogP contribution in [0.4, 0.5) is 0 Å². The molecule has 0 bridgehead atoms. The molecular weight excluding hydrogens is 288 g/mol. The van der Waals surface area contributed by atoms with E-state index in [9.17, 15) is 4.79 Å². The molecule has 0 aliphatic rings. The number of hydrogen-bond donors (Lipinski definition) is 2. The van der Waals surface area contributed by atoms with Crippen molar-refractivity contribution < 1.29 is 9.90 Å². The summed E-state index contributed by atoms with van der Waals surface area (Å²) in [7, 11) is 0. The number of aromatic nitrogens is 1. The van der Waals surface area contributed by atoms with Crippen molar-refractivity contribution in [3.63, 3.8) is 0 Å². The van der Waals surface area contributed by atoms with E-state index >= 15 is 0 Å². The highest BCUT2D eigenvalue weighted by atomic mass is 35.5. The Balaban J connectivity index is 1.93. The molecule has 2 aromatic rings. The number of nitrogens with one attached hydrogen (secondary N) is 1. The number of unbranched alkanes of at least 4 members (excludes halogenated alkanes) is 3. The predicted octanol–water partition coefficient (Wildman–Crippen LogP) is 3.17. The van der Waals surface area contributed by atoms with Crippen LogP contribution >= 0.6 is 11.6 Å². The number of carbonyl (C=O) groups excluding carboxylic acids is 1. The molecule has 5 heteroatoms. The van der Waals surface area contributed by atoms with Gasteiger partial charge in [0.05, 0.1) is 0 Å². The van der Waals surface area contributed by atoms with Crippen molar-refractivity contribution in [2.75, 3.05) is 13.2 Å². The summed E-state index contributed by atoms with van der Waals surface area (Å²) in [5.41, 5.74) is 0.342. The second-order valence-electron chi connectivity index (χ2n) is 4.91. The molecule has 2 N–H and O–H groups in total. The van der Waals surface area contributed by atoms with Crippen molar-refractivity contribution >= 4 is 28.3 Å². The van der Waals surface area contributed by atoms with Gasteiger partial charge in [0, 0.05) is 18.5 Å². The van der Waals surface area contributed by atoms with Gasteiger partial charge in [0.2, 0.25) is 0 Å². The minimum absolute atomic E-state index is 0.204. The highest BCUT2D eigenvalue weighted by Crippen LogP contribution is 2.22. The first-order chi connectivity index (χ1) is 10.2. The van der Waals surface area contributed by atoms with Crippen molar-refractivity contribution in [1.29, 1.82) is 0 Å². The molecule has 0 aliphatic heterocycles. The highest BCUT2D eigenvalue weighted by Gasteiger charge is 2.10. The first-order valence-electron chi connectivity index (χ1n) is 7.16. The van der Waals surface area contributed by atoms with Crippen molar-refractivity contribution in [2.45, 2.75) is 25.7 Å². The third kappa shape index (κ3) is 4.41. The van der Waals surface area contributed by atoms with Crippen molar-refractivity contribution in [2.24, 2.45) is 0 Å². The van der Waals surface area contributed by atoms with Gasteiger partial charge in [-0.2, -0.15) is 0 Å². The standard InChI is InChI=1S/C16H19ClN2O2/c17-15-13-8-4-3-7-12(13)11-14(19-15)16(21)18-9-5-1-2-6-10-20/h3-4,7-8,11,20H,1-2,5-6,9-10H2,(H,18,21). The van der Waals surface area contributed by atoms with Crippen LogP contribution in [0.25, 0.3) is 10.8 Å². The van der Waals surface area contributed by atoms with E-state index in [1.54, 1.807) is 6.07 Å². The molecule has 112 valence electrons. The van der Waals surface area contributed by atoms with Crippen LogP contribution in [0.3, 0.4) is 0 Å². The number of nitrogens with zero attached hydrogens (tertiary/aromatic N) is 1. The van der Waals surface area contributed by atoms with Crippen LogP contribution in [-0.4, -0.2) is 29.1 Å². The van der Waals surface area contributed by atoms with Crippen LogP contribution < -0.4 is 5.32 Å². The number of carbonyl (C=O) groups is 1. The average Bonchev–Trinajstić information content (AvgIpc) is 2.50. The Morgan fingerprint density at radius 3 is 2.76 bits per heavy atom. The van der Waals surface area contributed by atoms with E-state index in [1.165, 1.54) is 0 Å². The molecular formula is C16H19ClN2O2. The van der Waals surface area contributed by atoms with Crippen LogP contribution in [0.15, 0.2) is 30.3 Å². The molecule has 0 unspecified atom stereocenters. The maximum Gasteiger partial charge on any atom is 0.269 e. The van der Waals surface area contributed by atoms with Gasteiger partial charge in [0.25, 0.3) is 5.91 Å². The molecule has 1 heterocycles. The van der Waals surface area contributed by atoms with Crippen molar-refractivity contribution in [1.82, 2.24) is 10.3 Å². The van der Waals surface area contributed by atoms with E-state index in [0.717, 1.165) is 36.5 Å². The largest absolute Gasteiger partial charge is 0.396 e. The SMILES string of the molecule is O=C(NCCCCCCO)c1cc2ccccc2c(Cl)n1. The molecule has 0 radical (unpaired) electrons. The van der Waals surface area contributed by atoms with Gasteiger partial charge in [0.15, 0.2) is 0 Å². The summed E-state index contributed by atoms with van der Waals surface area (Å²) < 4.78 is 0. The molecule has 0 saturated carbocycles. The van der Waals surface area contributed by atoms with E-state index in [1.807, 2.05) is 24.3 Å². The summed E-state index contributed by atoms with van der Waals surface area (Å²) in [4.78, 5) is 16.2. The van der Waals surface area contributed by atoms with E-state index in [4.69, 9.17) is 16.7 Å². The van der Waals surface area contributed by atoms with Crippen LogP contribution in [0.2, 0.25) is 5.15 Å². The fourth-order valence-corrected chi connectivity index (χ4v) is 2.42. The fraction of sp³-hybridized carbons (Fsp3) is 0.375. The quantitative estimate of drug-likeness (QED) is 0.610. The summed E-state index contributed by atoms with van der Waals surface area (Å²) in [6, 6.07) is 9.34. The number of aliphatic hydroxyl groups excluding tert-OH is 1. The number of rotatable bonds is 7. The average molecular weight is 307 g/mol. The molecule has 21 heavy (non-hydrogen) atoms. The van der Waals surface area contributed by atoms with Gasteiger partial charge in [-0.15, -0.1) is 0 Å². The van der Waals surface area contributed by atoms with E-state index in [-0.39, 0.29) is 12.5 Å². The zero-order valence-corrected chi connectivity index (χ0v) is 12.6. The first-order valence-corrected chi connectivity index (χ1v) is 7.54. The van der Waals surface area contributed by atoms with Crippen LogP contribution in [0.5, 0.6) is 0 Å². The van der Waals surface area contributed by atoms with E-state index < -0.39 is 0 Å². The minimum Gasteiger partial charge on any atom is -0.396 e. The third-order valence-corrected chi connectivity index (χ3v) is 3.59. The zero-order chi connectivity index (χ0) is 15.1. The number of amides is 1. The molecule has 0 aliphatic carbocycles. The van der Waals surface area contributed by atoms with Crippen molar-refractivity contribution in [3.05, 3.63) is 41.2 Å². The lowest BCUT2D eigenvalue weighted by Gasteiger charge is -2.07. The number of aliphatic hydroxyl groups is 1. The van der Waals surface area contributed by atoms with Gasteiger partial charge in [-0.3, -0.25) is 4.79 Å². The lowest BCUT2D eigenvalue weighted by Crippen LogP contribution is -2.25. The number of pyridine rings is 1. The fourth-order valence-electron chi connectivity index (χ4n) is 2.16. The third-order valence-electron chi connectivity index (χ3n) is 3.30. The Morgan fingerprint density at radius 2 is 1.95 bits per heavy atom. The first kappa shape index (κ1) is 15.7. The van der Waals surface area contributed by atoms with Crippen LogP contribution in [0.1, 0.15) is 36.2 Å². The normalized spacial score (nSPS) is 10.8. The maximum atomic E-state index is 12.1. The van der Waals surface area contributed by atoms with Crippen LogP contribution in [0, 0.1) is 0 Å². The Hall–Kier alpha value is -1.65. The monoisotopic (exact) mass is 306 g/mol. The summed E-state index contributed by atoms with van der Waals surface area (Å²) in [5, 5.41) is 13.6. The topological polar surface area (TPSA) is 62.2 Å². The number of benzene rings is 1. The van der Waals surface area contributed by atoms with Crippen molar-refractivity contribution in [3.8, 4) is 0 Å². The predicted molar refractivity (Wildman–Crippen MR) is 84.6 cm³/mol. The summed E-state index contributed by atoms with van der Waals surface area (Å²) in [5.74, 6) is -0.204. The number of halogens is 1.